The molecule has 2 aromatic carbocycles. The zero-order valence-electron chi connectivity index (χ0n) is 15.0. The molecule has 5 nitrogen and oxygen atoms in total. The van der Waals surface area contributed by atoms with Crippen molar-refractivity contribution in [1.82, 2.24) is 10.3 Å². The number of amides is 1. The van der Waals surface area contributed by atoms with Gasteiger partial charge in [0.2, 0.25) is 5.91 Å². The number of H-pyrrole nitrogens is 1. The van der Waals surface area contributed by atoms with Gasteiger partial charge in [0, 0.05) is 33.4 Å². The van der Waals surface area contributed by atoms with Gasteiger partial charge in [-0.2, -0.15) is 0 Å². The van der Waals surface area contributed by atoms with Crippen molar-refractivity contribution in [3.8, 4) is 0 Å². The fraction of sp³-hybridized carbons (Fsp3) is 0.200. The van der Waals surface area contributed by atoms with E-state index in [2.05, 4.69) is 10.3 Å². The molecule has 0 radical (unpaired) electrons. The zero-order chi connectivity index (χ0) is 20.1. The molecule has 28 heavy (non-hydrogen) atoms. The summed E-state index contributed by atoms with van der Waals surface area (Å²) >= 11 is 13.3. The SMILES string of the molecule is COC(=O)C(Cc1c[nH]c2ccccc12)NC(=O)CSc1cc(Cl)ccc1Cl. The van der Waals surface area contributed by atoms with Gasteiger partial charge in [0.05, 0.1) is 17.9 Å². The third kappa shape index (κ3) is 5.01. The van der Waals surface area contributed by atoms with Crippen LogP contribution in [-0.2, 0) is 20.7 Å². The molecule has 1 unspecified atom stereocenters. The van der Waals surface area contributed by atoms with Gasteiger partial charge in [-0.15, -0.1) is 11.8 Å². The number of ether oxygens (including phenoxy) is 1. The number of hydrogen-bond acceptors (Lipinski definition) is 4. The van der Waals surface area contributed by atoms with E-state index < -0.39 is 12.0 Å². The predicted octanol–water partition coefficient (Wildman–Crippen LogP) is 4.47. The maximum Gasteiger partial charge on any atom is 0.328 e. The molecule has 0 fully saturated rings. The minimum atomic E-state index is -0.785. The number of benzene rings is 2. The molecule has 0 bridgehead atoms. The highest BCUT2D eigenvalue weighted by atomic mass is 35.5. The highest BCUT2D eigenvalue weighted by Gasteiger charge is 2.23. The molecule has 1 heterocycles. The Morgan fingerprint density at radius 1 is 1.21 bits per heavy atom. The van der Waals surface area contributed by atoms with Crippen LogP contribution < -0.4 is 5.32 Å². The van der Waals surface area contributed by atoms with Crippen molar-refractivity contribution in [3.05, 3.63) is 64.3 Å². The Hall–Kier alpha value is -2.15. The van der Waals surface area contributed by atoms with E-state index in [-0.39, 0.29) is 11.7 Å². The van der Waals surface area contributed by atoms with Crippen LogP contribution in [0.4, 0.5) is 0 Å². The van der Waals surface area contributed by atoms with E-state index in [1.54, 1.807) is 18.2 Å². The molecule has 1 atom stereocenters. The van der Waals surface area contributed by atoms with Crippen LogP contribution in [0.1, 0.15) is 5.56 Å². The van der Waals surface area contributed by atoms with E-state index in [0.29, 0.717) is 21.4 Å². The number of fused-ring (bicyclic) bond motifs is 1. The first-order chi connectivity index (χ1) is 13.5. The summed E-state index contributed by atoms with van der Waals surface area (Å²) in [5.41, 5.74) is 1.90. The third-order valence-electron chi connectivity index (χ3n) is 4.17. The van der Waals surface area contributed by atoms with Crippen molar-refractivity contribution in [1.29, 1.82) is 0 Å². The summed E-state index contributed by atoms with van der Waals surface area (Å²) < 4.78 is 4.86. The molecule has 146 valence electrons. The van der Waals surface area contributed by atoms with Crippen LogP contribution in [0.2, 0.25) is 10.0 Å². The molecule has 2 N–H and O–H groups in total. The van der Waals surface area contributed by atoms with Crippen molar-refractivity contribution >= 4 is 57.7 Å². The molecule has 0 saturated carbocycles. The summed E-state index contributed by atoms with van der Waals surface area (Å²) in [6.07, 6.45) is 2.16. The first kappa shape index (κ1) is 20.6. The van der Waals surface area contributed by atoms with E-state index in [4.69, 9.17) is 27.9 Å². The molecule has 0 aliphatic carbocycles. The molecule has 1 amide bonds. The van der Waals surface area contributed by atoms with Crippen molar-refractivity contribution in [3.63, 3.8) is 0 Å². The average Bonchev–Trinajstić information content (AvgIpc) is 3.10. The Labute approximate surface area is 176 Å². The Kier molecular flexibility index (Phi) is 6.88. The van der Waals surface area contributed by atoms with E-state index in [1.165, 1.54) is 18.9 Å². The number of carbonyl (C=O) groups excluding carboxylic acids is 2. The monoisotopic (exact) mass is 436 g/mol. The molecule has 0 spiro atoms. The number of halogens is 2. The number of aromatic amines is 1. The maximum absolute atomic E-state index is 12.4. The molecule has 8 heteroatoms. The first-order valence-corrected chi connectivity index (χ1v) is 10.2. The lowest BCUT2D eigenvalue weighted by Gasteiger charge is -2.16. The van der Waals surface area contributed by atoms with E-state index in [0.717, 1.165) is 16.5 Å². The summed E-state index contributed by atoms with van der Waals surface area (Å²) in [5.74, 6) is -0.692. The molecular formula is C20H18Cl2N2O3S. The minimum Gasteiger partial charge on any atom is -0.467 e. The summed E-state index contributed by atoms with van der Waals surface area (Å²) in [7, 11) is 1.30. The second-order valence-electron chi connectivity index (χ2n) is 6.07. The van der Waals surface area contributed by atoms with Crippen LogP contribution in [0, 0.1) is 0 Å². The number of hydrogen-bond donors (Lipinski definition) is 2. The van der Waals surface area contributed by atoms with Crippen molar-refractivity contribution in [2.75, 3.05) is 12.9 Å². The minimum absolute atomic E-state index is 0.0987. The summed E-state index contributed by atoms with van der Waals surface area (Å²) in [6.45, 7) is 0. The first-order valence-electron chi connectivity index (χ1n) is 8.48. The topological polar surface area (TPSA) is 71.2 Å². The summed E-state index contributed by atoms with van der Waals surface area (Å²) in [4.78, 5) is 28.5. The highest BCUT2D eigenvalue weighted by Crippen LogP contribution is 2.29. The molecule has 3 rings (SSSR count). The second kappa shape index (κ2) is 9.37. The number of esters is 1. The van der Waals surface area contributed by atoms with Crippen molar-refractivity contribution < 1.29 is 14.3 Å². The Bertz CT molecular complexity index is 1010. The number of rotatable bonds is 7. The van der Waals surface area contributed by atoms with E-state index in [9.17, 15) is 9.59 Å². The van der Waals surface area contributed by atoms with Crippen LogP contribution in [-0.4, -0.2) is 35.8 Å². The van der Waals surface area contributed by atoms with Gasteiger partial charge < -0.3 is 15.0 Å². The number of nitrogens with one attached hydrogen (secondary N) is 2. The number of thioether (sulfide) groups is 1. The van der Waals surface area contributed by atoms with E-state index in [1.807, 2.05) is 30.5 Å². The molecule has 3 aromatic rings. The van der Waals surface area contributed by atoms with Crippen LogP contribution in [0.25, 0.3) is 10.9 Å². The second-order valence-corrected chi connectivity index (χ2v) is 7.93. The number of para-hydroxylation sites is 1. The molecule has 0 saturated heterocycles. The Balaban J connectivity index is 1.67. The Morgan fingerprint density at radius 2 is 2.00 bits per heavy atom. The number of methoxy groups -OCH3 is 1. The van der Waals surface area contributed by atoms with Crippen LogP contribution in [0.5, 0.6) is 0 Å². The smallest absolute Gasteiger partial charge is 0.328 e. The normalized spacial score (nSPS) is 12.0. The summed E-state index contributed by atoms with van der Waals surface area (Å²) in [6, 6.07) is 12.1. The fourth-order valence-electron chi connectivity index (χ4n) is 2.82. The van der Waals surface area contributed by atoms with E-state index >= 15 is 0 Å². The predicted molar refractivity (Wildman–Crippen MR) is 113 cm³/mol. The lowest BCUT2D eigenvalue weighted by atomic mass is 10.0. The Morgan fingerprint density at radius 3 is 2.79 bits per heavy atom. The van der Waals surface area contributed by atoms with Gasteiger partial charge in [-0.1, -0.05) is 41.4 Å². The molecular weight excluding hydrogens is 419 g/mol. The van der Waals surface area contributed by atoms with Gasteiger partial charge >= 0.3 is 5.97 Å². The quantitative estimate of drug-likeness (QED) is 0.423. The van der Waals surface area contributed by atoms with Gasteiger partial charge in [0.25, 0.3) is 0 Å². The third-order valence-corrected chi connectivity index (χ3v) is 5.90. The zero-order valence-corrected chi connectivity index (χ0v) is 17.3. The van der Waals surface area contributed by atoms with Gasteiger partial charge in [-0.05, 0) is 29.8 Å². The van der Waals surface area contributed by atoms with Gasteiger partial charge in [0.15, 0.2) is 0 Å². The molecule has 0 aliphatic heterocycles. The van der Waals surface area contributed by atoms with Crippen molar-refractivity contribution in [2.24, 2.45) is 0 Å². The lowest BCUT2D eigenvalue weighted by molar-refractivity contribution is -0.144. The van der Waals surface area contributed by atoms with Crippen LogP contribution in [0.15, 0.2) is 53.6 Å². The fourth-order valence-corrected chi connectivity index (χ4v) is 4.13. The molecule has 0 aliphatic rings. The largest absolute Gasteiger partial charge is 0.467 e. The highest BCUT2D eigenvalue weighted by molar-refractivity contribution is 8.00. The number of carbonyl (C=O) groups is 2. The number of aromatic nitrogens is 1. The molecule has 1 aromatic heterocycles. The van der Waals surface area contributed by atoms with Crippen LogP contribution in [0.3, 0.4) is 0 Å². The van der Waals surface area contributed by atoms with Crippen molar-refractivity contribution in [2.45, 2.75) is 17.4 Å². The van der Waals surface area contributed by atoms with Crippen LogP contribution >= 0.6 is 35.0 Å². The average molecular weight is 437 g/mol. The van der Waals surface area contributed by atoms with Gasteiger partial charge in [-0.3, -0.25) is 4.79 Å². The standard InChI is InChI=1S/C20H18Cl2N2O3S/c1-27-20(26)17(8-12-10-23-16-5-3-2-4-14(12)16)24-19(25)11-28-18-9-13(21)6-7-15(18)22/h2-7,9-10,17,23H,8,11H2,1H3,(H,24,25). The van der Waals surface area contributed by atoms with Gasteiger partial charge in [-0.25, -0.2) is 4.79 Å². The maximum atomic E-state index is 12.4. The summed E-state index contributed by atoms with van der Waals surface area (Å²) in [5, 5.41) is 4.82. The van der Waals surface area contributed by atoms with Gasteiger partial charge in [0.1, 0.15) is 6.04 Å². The lowest BCUT2D eigenvalue weighted by Crippen LogP contribution is -2.43.